The second kappa shape index (κ2) is 4.30. The van der Waals surface area contributed by atoms with Crippen molar-refractivity contribution < 1.29 is 9.90 Å². The first kappa shape index (κ1) is 11.0. The fourth-order valence-corrected chi connectivity index (χ4v) is 2.45. The molecule has 0 bridgehead atoms. The van der Waals surface area contributed by atoms with Crippen molar-refractivity contribution in [1.29, 1.82) is 0 Å². The zero-order chi connectivity index (χ0) is 12.5. The van der Waals surface area contributed by atoms with Crippen molar-refractivity contribution in [1.82, 2.24) is 0 Å². The van der Waals surface area contributed by atoms with E-state index < -0.39 is 0 Å². The molecule has 1 fully saturated rings. The van der Waals surface area contributed by atoms with Gasteiger partial charge in [0.2, 0.25) is 0 Å². The summed E-state index contributed by atoms with van der Waals surface area (Å²) in [4.78, 5) is 12.2. The number of hydrogen-bond donors (Lipinski definition) is 1. The number of ketones is 1. The molecule has 0 amide bonds. The topological polar surface area (TPSA) is 37.3 Å². The Morgan fingerprint density at radius 3 is 2.39 bits per heavy atom. The van der Waals surface area contributed by atoms with E-state index in [4.69, 9.17) is 0 Å². The third-order valence-electron chi connectivity index (χ3n) is 3.52. The first-order valence-corrected chi connectivity index (χ1v) is 6.14. The van der Waals surface area contributed by atoms with Crippen LogP contribution < -0.4 is 0 Å². The molecule has 2 unspecified atom stereocenters. The van der Waals surface area contributed by atoms with Gasteiger partial charge >= 0.3 is 0 Å². The van der Waals surface area contributed by atoms with Crippen molar-refractivity contribution >= 4 is 5.78 Å². The summed E-state index contributed by atoms with van der Waals surface area (Å²) in [5.41, 5.74) is 1.66. The molecule has 0 saturated heterocycles. The highest BCUT2D eigenvalue weighted by atomic mass is 16.3. The van der Waals surface area contributed by atoms with Gasteiger partial charge in [-0.1, -0.05) is 48.5 Å². The van der Waals surface area contributed by atoms with Crippen LogP contribution in [0.25, 0.3) is 0 Å². The van der Waals surface area contributed by atoms with E-state index in [-0.39, 0.29) is 17.6 Å². The number of para-hydroxylation sites is 1. The second-order valence-electron chi connectivity index (χ2n) is 4.74. The van der Waals surface area contributed by atoms with E-state index in [1.54, 1.807) is 12.1 Å². The maximum atomic E-state index is 12.2. The Hall–Kier alpha value is -2.09. The summed E-state index contributed by atoms with van der Waals surface area (Å²) in [5.74, 6) is 0.689. The van der Waals surface area contributed by atoms with Gasteiger partial charge in [0, 0.05) is 11.5 Å². The summed E-state index contributed by atoms with van der Waals surface area (Å²) < 4.78 is 0. The van der Waals surface area contributed by atoms with Crippen LogP contribution in [0, 0.1) is 5.92 Å². The summed E-state index contributed by atoms with van der Waals surface area (Å²) in [7, 11) is 0. The highest BCUT2D eigenvalue weighted by Gasteiger charge is 2.44. The van der Waals surface area contributed by atoms with Gasteiger partial charge in [-0.3, -0.25) is 4.79 Å². The lowest BCUT2D eigenvalue weighted by Gasteiger charge is -2.03. The monoisotopic (exact) mass is 238 g/mol. The second-order valence-corrected chi connectivity index (χ2v) is 4.74. The number of benzene rings is 2. The number of aromatic hydroxyl groups is 1. The zero-order valence-corrected chi connectivity index (χ0v) is 9.91. The molecule has 0 spiro atoms. The lowest BCUT2D eigenvalue weighted by molar-refractivity contribution is 0.0965. The van der Waals surface area contributed by atoms with Crippen molar-refractivity contribution in [2.75, 3.05) is 0 Å². The molecule has 2 aromatic rings. The molecule has 1 aliphatic carbocycles. The fraction of sp³-hybridized carbons (Fsp3) is 0.188. The number of hydrogen-bond acceptors (Lipinski definition) is 2. The molecule has 2 atom stereocenters. The molecule has 0 aromatic heterocycles. The number of phenols is 1. The van der Waals surface area contributed by atoms with Crippen LogP contribution in [0.4, 0.5) is 0 Å². The molecular formula is C16H14O2. The summed E-state index contributed by atoms with van der Waals surface area (Å²) in [5, 5.41) is 9.78. The predicted molar refractivity (Wildman–Crippen MR) is 69.7 cm³/mol. The van der Waals surface area contributed by atoms with Crippen LogP contribution in [-0.4, -0.2) is 10.9 Å². The van der Waals surface area contributed by atoms with E-state index in [0.717, 1.165) is 17.5 Å². The van der Waals surface area contributed by atoms with Gasteiger partial charge < -0.3 is 5.11 Å². The van der Waals surface area contributed by atoms with Crippen molar-refractivity contribution in [3.8, 4) is 5.75 Å². The van der Waals surface area contributed by atoms with Gasteiger partial charge in [-0.15, -0.1) is 0 Å². The first-order chi connectivity index (χ1) is 8.77. The van der Waals surface area contributed by atoms with E-state index in [1.807, 2.05) is 42.5 Å². The Labute approximate surface area is 106 Å². The van der Waals surface area contributed by atoms with Gasteiger partial charge in [0.1, 0.15) is 5.75 Å². The van der Waals surface area contributed by atoms with Crippen LogP contribution in [0.3, 0.4) is 0 Å². The molecule has 2 heteroatoms. The quantitative estimate of drug-likeness (QED) is 0.832. The highest BCUT2D eigenvalue weighted by Crippen LogP contribution is 2.51. The van der Waals surface area contributed by atoms with Crippen molar-refractivity contribution in [3.05, 3.63) is 65.7 Å². The normalized spacial score (nSPS) is 21.6. The van der Waals surface area contributed by atoms with Crippen LogP contribution in [0.1, 0.15) is 28.3 Å². The van der Waals surface area contributed by atoms with Gasteiger partial charge in [0.15, 0.2) is 5.78 Å². The van der Waals surface area contributed by atoms with Crippen LogP contribution in [0.2, 0.25) is 0 Å². The fourth-order valence-electron chi connectivity index (χ4n) is 2.45. The van der Waals surface area contributed by atoms with Gasteiger partial charge in [0.05, 0.1) is 0 Å². The molecule has 2 nitrogen and oxygen atoms in total. The number of carbonyl (C=O) groups is 1. The maximum Gasteiger partial charge on any atom is 0.166 e. The maximum absolute atomic E-state index is 12.2. The SMILES string of the molecule is O=C(c1ccccc1)C1CC1c1ccccc1O. The molecule has 0 radical (unpaired) electrons. The molecule has 18 heavy (non-hydrogen) atoms. The average molecular weight is 238 g/mol. The van der Waals surface area contributed by atoms with E-state index in [0.29, 0.717) is 5.75 Å². The van der Waals surface area contributed by atoms with Crippen LogP contribution >= 0.6 is 0 Å². The van der Waals surface area contributed by atoms with E-state index in [2.05, 4.69) is 0 Å². The predicted octanol–water partition coefficient (Wildman–Crippen LogP) is 3.38. The summed E-state index contributed by atoms with van der Waals surface area (Å²) in [6.45, 7) is 0. The molecule has 0 heterocycles. The molecule has 2 aromatic carbocycles. The zero-order valence-electron chi connectivity index (χ0n) is 9.91. The third-order valence-corrected chi connectivity index (χ3v) is 3.52. The Balaban J connectivity index is 1.79. The van der Waals surface area contributed by atoms with Crippen molar-refractivity contribution in [2.45, 2.75) is 12.3 Å². The van der Waals surface area contributed by atoms with Crippen LogP contribution in [-0.2, 0) is 0 Å². The first-order valence-electron chi connectivity index (χ1n) is 6.14. The number of carbonyl (C=O) groups excluding carboxylic acids is 1. The van der Waals surface area contributed by atoms with Crippen molar-refractivity contribution in [3.63, 3.8) is 0 Å². The minimum atomic E-state index is 0.0284. The van der Waals surface area contributed by atoms with Crippen LogP contribution in [0.5, 0.6) is 5.75 Å². The number of Topliss-reactive ketones (excluding diaryl/α,β-unsaturated/α-hetero) is 1. The summed E-state index contributed by atoms with van der Waals surface area (Å²) in [6, 6.07) is 16.6. The Kier molecular flexibility index (Phi) is 2.63. The van der Waals surface area contributed by atoms with E-state index in [9.17, 15) is 9.90 Å². The van der Waals surface area contributed by atoms with E-state index >= 15 is 0 Å². The number of rotatable bonds is 3. The van der Waals surface area contributed by atoms with Gasteiger partial charge in [-0.2, -0.15) is 0 Å². The average Bonchev–Trinajstić information content (AvgIpc) is 3.20. The summed E-state index contributed by atoms with van der Waals surface area (Å²) in [6.07, 6.45) is 0.839. The molecule has 1 saturated carbocycles. The lowest BCUT2D eigenvalue weighted by Crippen LogP contribution is -2.02. The Morgan fingerprint density at radius 1 is 1.00 bits per heavy atom. The lowest BCUT2D eigenvalue weighted by atomic mass is 10.0. The Bertz CT molecular complexity index is 575. The number of phenolic OH excluding ortho intramolecular Hbond substituents is 1. The molecule has 3 rings (SSSR count). The van der Waals surface area contributed by atoms with Crippen molar-refractivity contribution in [2.24, 2.45) is 5.92 Å². The van der Waals surface area contributed by atoms with Gasteiger partial charge in [-0.05, 0) is 24.0 Å². The minimum absolute atomic E-state index is 0.0284. The Morgan fingerprint density at radius 2 is 1.67 bits per heavy atom. The molecule has 1 N–H and O–H groups in total. The molecule has 0 aliphatic heterocycles. The largest absolute Gasteiger partial charge is 0.508 e. The summed E-state index contributed by atoms with van der Waals surface area (Å²) >= 11 is 0. The molecule has 90 valence electrons. The molecule has 1 aliphatic rings. The van der Waals surface area contributed by atoms with Gasteiger partial charge in [-0.25, -0.2) is 0 Å². The smallest absolute Gasteiger partial charge is 0.166 e. The van der Waals surface area contributed by atoms with Crippen LogP contribution in [0.15, 0.2) is 54.6 Å². The minimum Gasteiger partial charge on any atom is -0.508 e. The van der Waals surface area contributed by atoms with E-state index in [1.165, 1.54) is 0 Å². The molecular weight excluding hydrogens is 224 g/mol. The standard InChI is InChI=1S/C16H14O2/c17-15-9-5-4-8-12(15)13-10-14(13)16(18)11-6-2-1-3-7-11/h1-9,13-14,17H,10H2. The van der Waals surface area contributed by atoms with Gasteiger partial charge in [0.25, 0.3) is 0 Å². The highest BCUT2D eigenvalue weighted by molar-refractivity contribution is 6.00. The third kappa shape index (κ3) is 1.90.